The molecule has 106 valence electrons. The molecule has 0 atom stereocenters. The van der Waals surface area contributed by atoms with E-state index in [1.165, 1.54) is 5.56 Å². The standard InChI is InChI=1S/C16H17BrO3/c1-19-9-8-12-2-6-15(7-3-12)20-16-10-14(17)5-4-13(16)11-18/h2-7,10,18H,8-9,11H2,1H3. The van der Waals surface area contributed by atoms with Crippen molar-refractivity contribution in [1.82, 2.24) is 0 Å². The monoisotopic (exact) mass is 336 g/mol. The quantitative estimate of drug-likeness (QED) is 0.868. The summed E-state index contributed by atoms with van der Waals surface area (Å²) in [7, 11) is 1.70. The van der Waals surface area contributed by atoms with Gasteiger partial charge in [-0.1, -0.05) is 34.1 Å². The molecule has 0 aliphatic heterocycles. The number of hydrogen-bond donors (Lipinski definition) is 1. The summed E-state index contributed by atoms with van der Waals surface area (Å²) in [5.41, 5.74) is 1.97. The van der Waals surface area contributed by atoms with E-state index in [1.807, 2.05) is 42.5 Å². The molecule has 0 saturated heterocycles. The molecule has 0 aliphatic rings. The van der Waals surface area contributed by atoms with Gasteiger partial charge in [-0.15, -0.1) is 0 Å². The molecule has 2 aromatic carbocycles. The molecule has 0 spiro atoms. The zero-order valence-electron chi connectivity index (χ0n) is 11.3. The molecule has 1 N–H and O–H groups in total. The van der Waals surface area contributed by atoms with Crippen LogP contribution in [0.5, 0.6) is 11.5 Å². The number of benzene rings is 2. The molecule has 0 bridgehead atoms. The van der Waals surface area contributed by atoms with E-state index in [0.717, 1.165) is 22.2 Å². The van der Waals surface area contributed by atoms with Crippen molar-refractivity contribution in [2.45, 2.75) is 13.0 Å². The number of aliphatic hydroxyl groups excluding tert-OH is 1. The summed E-state index contributed by atoms with van der Waals surface area (Å²) in [4.78, 5) is 0. The zero-order valence-corrected chi connectivity index (χ0v) is 12.9. The Bertz CT molecular complexity index is 552. The molecule has 4 heteroatoms. The third kappa shape index (κ3) is 4.07. The van der Waals surface area contributed by atoms with E-state index in [2.05, 4.69) is 15.9 Å². The third-order valence-corrected chi connectivity index (χ3v) is 3.44. The number of methoxy groups -OCH3 is 1. The maximum absolute atomic E-state index is 9.32. The Labute approximate surface area is 127 Å². The molecule has 0 amide bonds. The van der Waals surface area contributed by atoms with Crippen LogP contribution >= 0.6 is 15.9 Å². The van der Waals surface area contributed by atoms with E-state index >= 15 is 0 Å². The molecule has 3 nitrogen and oxygen atoms in total. The minimum absolute atomic E-state index is 0.0471. The summed E-state index contributed by atoms with van der Waals surface area (Å²) in [6.45, 7) is 0.662. The fraction of sp³-hybridized carbons (Fsp3) is 0.250. The molecule has 0 aliphatic carbocycles. The predicted octanol–water partition coefficient (Wildman–Crippen LogP) is 3.92. The van der Waals surface area contributed by atoms with Gasteiger partial charge in [0, 0.05) is 17.1 Å². The Morgan fingerprint density at radius 2 is 1.85 bits per heavy atom. The van der Waals surface area contributed by atoms with E-state index in [9.17, 15) is 5.11 Å². The van der Waals surface area contributed by atoms with Crippen molar-refractivity contribution in [1.29, 1.82) is 0 Å². The summed E-state index contributed by atoms with van der Waals surface area (Å²) in [6, 6.07) is 13.5. The van der Waals surface area contributed by atoms with Gasteiger partial charge >= 0.3 is 0 Å². The average Bonchev–Trinajstić information content (AvgIpc) is 2.47. The lowest BCUT2D eigenvalue weighted by atomic mass is 10.1. The third-order valence-electron chi connectivity index (χ3n) is 2.95. The van der Waals surface area contributed by atoms with Crippen LogP contribution in [0.2, 0.25) is 0 Å². The van der Waals surface area contributed by atoms with Crippen LogP contribution in [-0.2, 0) is 17.8 Å². The summed E-state index contributed by atoms with van der Waals surface area (Å²) >= 11 is 3.40. The maximum atomic E-state index is 9.32. The highest BCUT2D eigenvalue weighted by atomic mass is 79.9. The first-order chi connectivity index (χ1) is 9.72. The van der Waals surface area contributed by atoms with Gasteiger partial charge in [-0.05, 0) is 36.2 Å². The van der Waals surface area contributed by atoms with Gasteiger partial charge < -0.3 is 14.6 Å². The molecule has 0 unspecified atom stereocenters. The number of aliphatic hydroxyl groups is 1. The van der Waals surface area contributed by atoms with Crippen LogP contribution in [0.4, 0.5) is 0 Å². The van der Waals surface area contributed by atoms with Crippen molar-refractivity contribution >= 4 is 15.9 Å². The number of hydrogen-bond acceptors (Lipinski definition) is 3. The summed E-state index contributed by atoms with van der Waals surface area (Å²) in [5, 5.41) is 9.32. The van der Waals surface area contributed by atoms with Gasteiger partial charge in [0.1, 0.15) is 11.5 Å². The van der Waals surface area contributed by atoms with Crippen LogP contribution in [0.1, 0.15) is 11.1 Å². The number of rotatable bonds is 6. The molecule has 20 heavy (non-hydrogen) atoms. The van der Waals surface area contributed by atoms with Gasteiger partial charge in [-0.3, -0.25) is 0 Å². The largest absolute Gasteiger partial charge is 0.457 e. The van der Waals surface area contributed by atoms with Crippen molar-refractivity contribution in [3.05, 3.63) is 58.1 Å². The van der Waals surface area contributed by atoms with Crippen LogP contribution < -0.4 is 4.74 Å². The average molecular weight is 337 g/mol. The summed E-state index contributed by atoms with van der Waals surface area (Å²) in [6.07, 6.45) is 0.884. The molecule has 0 heterocycles. The summed E-state index contributed by atoms with van der Waals surface area (Å²) in [5.74, 6) is 1.41. The second kappa shape index (κ2) is 7.43. The molecule has 0 fully saturated rings. The fourth-order valence-corrected chi connectivity index (χ4v) is 2.17. The highest BCUT2D eigenvalue weighted by Crippen LogP contribution is 2.28. The minimum Gasteiger partial charge on any atom is -0.457 e. The number of ether oxygens (including phenoxy) is 2. The molecule has 0 aromatic heterocycles. The van der Waals surface area contributed by atoms with Crippen molar-refractivity contribution < 1.29 is 14.6 Å². The van der Waals surface area contributed by atoms with E-state index in [4.69, 9.17) is 9.47 Å². The van der Waals surface area contributed by atoms with E-state index < -0.39 is 0 Å². The highest BCUT2D eigenvalue weighted by molar-refractivity contribution is 9.10. The molecule has 2 aromatic rings. The SMILES string of the molecule is COCCc1ccc(Oc2cc(Br)ccc2CO)cc1. The van der Waals surface area contributed by atoms with Crippen LogP contribution in [-0.4, -0.2) is 18.8 Å². The molecule has 2 rings (SSSR count). The molecule has 0 radical (unpaired) electrons. The van der Waals surface area contributed by atoms with Crippen molar-refractivity contribution in [3.8, 4) is 11.5 Å². The van der Waals surface area contributed by atoms with Crippen LogP contribution in [0, 0.1) is 0 Å². The first-order valence-electron chi connectivity index (χ1n) is 6.38. The van der Waals surface area contributed by atoms with E-state index in [0.29, 0.717) is 12.4 Å². The smallest absolute Gasteiger partial charge is 0.134 e. The van der Waals surface area contributed by atoms with Gasteiger partial charge in [-0.2, -0.15) is 0 Å². The van der Waals surface area contributed by atoms with E-state index in [1.54, 1.807) is 7.11 Å². The lowest BCUT2D eigenvalue weighted by Gasteiger charge is -2.11. The van der Waals surface area contributed by atoms with Crippen molar-refractivity contribution in [2.75, 3.05) is 13.7 Å². The highest BCUT2D eigenvalue weighted by Gasteiger charge is 2.05. The Hall–Kier alpha value is -1.36. The molecule has 0 saturated carbocycles. The fourth-order valence-electron chi connectivity index (χ4n) is 1.83. The second-order valence-electron chi connectivity index (χ2n) is 4.40. The Balaban J connectivity index is 2.11. The van der Waals surface area contributed by atoms with Crippen LogP contribution in [0.25, 0.3) is 0 Å². The minimum atomic E-state index is -0.0471. The van der Waals surface area contributed by atoms with Crippen molar-refractivity contribution in [2.24, 2.45) is 0 Å². The lowest BCUT2D eigenvalue weighted by molar-refractivity contribution is 0.202. The molecular weight excluding hydrogens is 320 g/mol. The van der Waals surface area contributed by atoms with Gasteiger partial charge in [0.2, 0.25) is 0 Å². The Morgan fingerprint density at radius 1 is 1.10 bits per heavy atom. The maximum Gasteiger partial charge on any atom is 0.134 e. The lowest BCUT2D eigenvalue weighted by Crippen LogP contribution is -1.95. The van der Waals surface area contributed by atoms with Gasteiger partial charge in [0.25, 0.3) is 0 Å². The number of halogens is 1. The van der Waals surface area contributed by atoms with Gasteiger partial charge in [-0.25, -0.2) is 0 Å². The van der Waals surface area contributed by atoms with E-state index in [-0.39, 0.29) is 6.61 Å². The first kappa shape index (κ1) is 15.0. The Kier molecular flexibility index (Phi) is 5.59. The zero-order chi connectivity index (χ0) is 14.4. The van der Waals surface area contributed by atoms with Crippen LogP contribution in [0.15, 0.2) is 46.9 Å². The Morgan fingerprint density at radius 3 is 2.50 bits per heavy atom. The van der Waals surface area contributed by atoms with Crippen LogP contribution in [0.3, 0.4) is 0 Å². The topological polar surface area (TPSA) is 38.7 Å². The van der Waals surface area contributed by atoms with Crippen molar-refractivity contribution in [3.63, 3.8) is 0 Å². The first-order valence-corrected chi connectivity index (χ1v) is 7.17. The predicted molar refractivity (Wildman–Crippen MR) is 82.2 cm³/mol. The van der Waals surface area contributed by atoms with Gasteiger partial charge in [0.15, 0.2) is 0 Å². The van der Waals surface area contributed by atoms with Gasteiger partial charge in [0.05, 0.1) is 13.2 Å². The second-order valence-corrected chi connectivity index (χ2v) is 5.31. The normalized spacial score (nSPS) is 10.6. The molecular formula is C16H17BrO3. The summed E-state index contributed by atoms with van der Waals surface area (Å²) < 4.78 is 11.8.